The number of hydrogen-bond acceptors (Lipinski definition) is 8. The van der Waals surface area contributed by atoms with Crippen LogP contribution in [0.3, 0.4) is 0 Å². The number of rotatable bonds is 8. The van der Waals surface area contributed by atoms with E-state index in [9.17, 15) is 14.7 Å². The van der Waals surface area contributed by atoms with E-state index >= 15 is 0 Å². The Morgan fingerprint density at radius 1 is 1.29 bits per heavy atom. The van der Waals surface area contributed by atoms with Crippen LogP contribution < -0.4 is 19.7 Å². The predicted octanol–water partition coefficient (Wildman–Crippen LogP) is 3.41. The van der Waals surface area contributed by atoms with Crippen molar-refractivity contribution in [2.75, 3.05) is 38.3 Å². The summed E-state index contributed by atoms with van der Waals surface area (Å²) in [7, 11) is 1.55. The molecule has 2 amide bonds. The number of methoxy groups -OCH3 is 1. The van der Waals surface area contributed by atoms with Crippen LogP contribution in [0.1, 0.15) is 45.6 Å². The molecule has 3 rings (SSSR count). The fourth-order valence-corrected chi connectivity index (χ4v) is 4.30. The average Bonchev–Trinajstić information content (AvgIpc) is 3.21. The lowest BCUT2D eigenvalue weighted by molar-refractivity contribution is 0.0525. The molecule has 1 saturated heterocycles. The van der Waals surface area contributed by atoms with Crippen molar-refractivity contribution in [1.29, 1.82) is 0 Å². The van der Waals surface area contributed by atoms with Crippen LogP contribution in [0.25, 0.3) is 0 Å². The summed E-state index contributed by atoms with van der Waals surface area (Å²) >= 11 is 0. The standard InChI is InChI=1S/C25H37N3O7/c1-6-12-34-24(31)28-19-15-21(33-13-8-10-26-23(30)35-25(2,3)4)20(32-5)14-17(19)16-27-11-7-9-18(27)22(28)29/h6,14-15,18,22,29H,1,7-13,16H2,2-5H3,(H,26,30)/t18?,22-/m0/s1. The summed E-state index contributed by atoms with van der Waals surface area (Å²) < 4.78 is 22.0. The molecule has 10 heteroatoms. The molecule has 0 aliphatic carbocycles. The number of aliphatic hydroxyl groups excluding tert-OH is 1. The van der Waals surface area contributed by atoms with Gasteiger partial charge in [-0.25, -0.2) is 14.5 Å². The summed E-state index contributed by atoms with van der Waals surface area (Å²) in [5.74, 6) is 0.953. The van der Waals surface area contributed by atoms with Crippen molar-refractivity contribution >= 4 is 17.9 Å². The molecule has 2 heterocycles. The van der Waals surface area contributed by atoms with Gasteiger partial charge in [0, 0.05) is 19.2 Å². The predicted molar refractivity (Wildman–Crippen MR) is 131 cm³/mol. The number of benzene rings is 1. The number of anilines is 1. The maximum atomic E-state index is 13.0. The minimum absolute atomic E-state index is 0.0376. The van der Waals surface area contributed by atoms with Crippen molar-refractivity contribution in [1.82, 2.24) is 10.2 Å². The largest absolute Gasteiger partial charge is 0.493 e. The smallest absolute Gasteiger partial charge is 0.416 e. The Labute approximate surface area is 206 Å². The highest BCUT2D eigenvalue weighted by Crippen LogP contribution is 2.41. The van der Waals surface area contributed by atoms with Crippen LogP contribution in [-0.4, -0.2) is 73.5 Å². The summed E-state index contributed by atoms with van der Waals surface area (Å²) in [6.45, 7) is 11.1. The highest BCUT2D eigenvalue weighted by atomic mass is 16.6. The van der Waals surface area contributed by atoms with E-state index in [2.05, 4.69) is 16.8 Å². The summed E-state index contributed by atoms with van der Waals surface area (Å²) in [6.07, 6.45) is 1.55. The molecule has 0 saturated carbocycles. The van der Waals surface area contributed by atoms with Crippen LogP contribution in [-0.2, 0) is 16.0 Å². The maximum absolute atomic E-state index is 13.0. The van der Waals surface area contributed by atoms with E-state index in [1.165, 1.54) is 11.0 Å². The molecule has 0 aromatic heterocycles. The molecule has 0 radical (unpaired) electrons. The quantitative estimate of drug-likeness (QED) is 0.421. The monoisotopic (exact) mass is 491 g/mol. The fourth-order valence-electron chi connectivity index (χ4n) is 4.30. The number of alkyl carbamates (subject to hydrolysis) is 1. The van der Waals surface area contributed by atoms with Gasteiger partial charge in [0.05, 0.1) is 25.4 Å². The molecule has 0 spiro atoms. The van der Waals surface area contributed by atoms with Gasteiger partial charge in [0.15, 0.2) is 17.7 Å². The Hall–Kier alpha value is -2.98. The fraction of sp³-hybridized carbons (Fsp3) is 0.600. The lowest BCUT2D eigenvalue weighted by atomic mass is 10.1. The van der Waals surface area contributed by atoms with Crippen molar-refractivity contribution in [3.63, 3.8) is 0 Å². The Morgan fingerprint density at radius 3 is 2.74 bits per heavy atom. The van der Waals surface area contributed by atoms with Gasteiger partial charge in [-0.15, -0.1) is 0 Å². The number of fused-ring (bicyclic) bond motifs is 2. The molecule has 1 fully saturated rings. The highest BCUT2D eigenvalue weighted by Gasteiger charge is 2.41. The van der Waals surface area contributed by atoms with Gasteiger partial charge in [0.25, 0.3) is 0 Å². The first-order valence-corrected chi connectivity index (χ1v) is 11.9. The third-order valence-corrected chi connectivity index (χ3v) is 5.79. The van der Waals surface area contributed by atoms with E-state index in [-0.39, 0.29) is 12.6 Å². The lowest BCUT2D eigenvalue weighted by Gasteiger charge is -2.31. The third kappa shape index (κ3) is 6.79. The minimum Gasteiger partial charge on any atom is -0.493 e. The van der Waals surface area contributed by atoms with Gasteiger partial charge in [-0.3, -0.25) is 4.90 Å². The molecule has 1 aromatic rings. The number of carbonyl (C=O) groups excluding carboxylic acids is 2. The van der Waals surface area contributed by atoms with E-state index in [0.717, 1.165) is 24.9 Å². The van der Waals surface area contributed by atoms with Crippen LogP contribution in [0, 0.1) is 0 Å². The average molecular weight is 492 g/mol. The first-order chi connectivity index (χ1) is 16.6. The first kappa shape index (κ1) is 26.6. The van der Waals surface area contributed by atoms with Crippen molar-refractivity contribution in [2.24, 2.45) is 0 Å². The normalized spacial score (nSPS) is 19.7. The van der Waals surface area contributed by atoms with E-state index in [0.29, 0.717) is 43.3 Å². The van der Waals surface area contributed by atoms with Crippen LogP contribution in [0.2, 0.25) is 0 Å². The zero-order valence-electron chi connectivity index (χ0n) is 21.0. The number of hydrogen-bond donors (Lipinski definition) is 2. The molecule has 2 aliphatic heterocycles. The zero-order valence-corrected chi connectivity index (χ0v) is 21.0. The SMILES string of the molecule is C=CCOC(=O)N1c2cc(OCCCNC(=O)OC(C)(C)C)c(OC)cc2CN2CCCC2[C@@H]1O. The van der Waals surface area contributed by atoms with Crippen molar-refractivity contribution in [3.05, 3.63) is 30.4 Å². The van der Waals surface area contributed by atoms with Gasteiger partial charge < -0.3 is 29.4 Å². The van der Waals surface area contributed by atoms with Crippen molar-refractivity contribution in [3.8, 4) is 11.5 Å². The molecule has 1 unspecified atom stereocenters. The van der Waals surface area contributed by atoms with Gasteiger partial charge in [0.2, 0.25) is 0 Å². The van der Waals surface area contributed by atoms with Crippen LogP contribution in [0.5, 0.6) is 11.5 Å². The van der Waals surface area contributed by atoms with E-state index in [1.807, 2.05) is 6.07 Å². The van der Waals surface area contributed by atoms with E-state index in [4.69, 9.17) is 18.9 Å². The summed E-state index contributed by atoms with van der Waals surface area (Å²) in [5.41, 5.74) is 0.789. The molecular formula is C25H37N3O7. The van der Waals surface area contributed by atoms with Crippen molar-refractivity contribution < 1.29 is 33.6 Å². The number of amides is 2. The number of nitrogens with zero attached hydrogens (tertiary/aromatic N) is 2. The molecule has 0 bridgehead atoms. The second-order valence-corrected chi connectivity index (χ2v) is 9.59. The Morgan fingerprint density at radius 2 is 2.06 bits per heavy atom. The number of ether oxygens (including phenoxy) is 4. The Kier molecular flexibility index (Phi) is 8.85. The molecule has 2 atom stereocenters. The second-order valence-electron chi connectivity index (χ2n) is 9.59. The van der Waals surface area contributed by atoms with Gasteiger partial charge >= 0.3 is 12.2 Å². The lowest BCUT2D eigenvalue weighted by Crippen LogP contribution is -2.50. The topological polar surface area (TPSA) is 110 Å². The van der Waals surface area contributed by atoms with E-state index < -0.39 is 24.0 Å². The summed E-state index contributed by atoms with van der Waals surface area (Å²) in [6, 6.07) is 3.36. The molecule has 2 aliphatic rings. The number of nitrogens with one attached hydrogen (secondary N) is 1. The van der Waals surface area contributed by atoms with Gasteiger partial charge in [-0.05, 0) is 58.2 Å². The molecule has 35 heavy (non-hydrogen) atoms. The molecular weight excluding hydrogens is 454 g/mol. The first-order valence-electron chi connectivity index (χ1n) is 11.9. The molecule has 10 nitrogen and oxygen atoms in total. The van der Waals surface area contributed by atoms with E-state index in [1.54, 1.807) is 33.9 Å². The van der Waals surface area contributed by atoms with Crippen LogP contribution in [0.15, 0.2) is 24.8 Å². The highest BCUT2D eigenvalue weighted by molar-refractivity contribution is 5.90. The molecule has 2 N–H and O–H groups in total. The zero-order chi connectivity index (χ0) is 25.6. The van der Waals surface area contributed by atoms with Gasteiger partial charge in [-0.1, -0.05) is 12.7 Å². The summed E-state index contributed by atoms with van der Waals surface area (Å²) in [5, 5.41) is 13.9. The van der Waals surface area contributed by atoms with Crippen LogP contribution in [0.4, 0.5) is 15.3 Å². The molecule has 1 aromatic carbocycles. The number of aliphatic hydroxyl groups is 1. The van der Waals surface area contributed by atoms with Crippen LogP contribution >= 0.6 is 0 Å². The minimum atomic E-state index is -1.06. The third-order valence-electron chi connectivity index (χ3n) is 5.79. The Balaban J connectivity index is 1.76. The summed E-state index contributed by atoms with van der Waals surface area (Å²) in [4.78, 5) is 28.2. The van der Waals surface area contributed by atoms with Crippen molar-refractivity contribution in [2.45, 2.75) is 64.4 Å². The van der Waals surface area contributed by atoms with Gasteiger partial charge in [-0.2, -0.15) is 0 Å². The second kappa shape index (κ2) is 11.6. The number of carbonyl (C=O) groups is 2. The maximum Gasteiger partial charge on any atom is 0.416 e. The van der Waals surface area contributed by atoms with Gasteiger partial charge in [0.1, 0.15) is 12.2 Å². The Bertz CT molecular complexity index is 915. The molecule has 194 valence electrons.